The van der Waals surface area contributed by atoms with Gasteiger partial charge in [0.15, 0.2) is 0 Å². The van der Waals surface area contributed by atoms with Gasteiger partial charge in [0.25, 0.3) is 0 Å². The normalized spacial score (nSPS) is 13.2. The zero-order valence-electron chi connectivity index (χ0n) is 7.62. The molecule has 1 aromatic rings. The van der Waals surface area contributed by atoms with E-state index in [1.165, 1.54) is 0 Å². The van der Waals surface area contributed by atoms with Crippen LogP contribution < -0.4 is 9.31 Å². The van der Waals surface area contributed by atoms with Crippen molar-refractivity contribution in [3.63, 3.8) is 0 Å². The molecule has 0 spiro atoms. The molecular formula is C10H11BO2. The largest absolute Gasteiger partial charge is 0.627 e. The van der Waals surface area contributed by atoms with Crippen molar-refractivity contribution in [1.82, 2.24) is 0 Å². The summed E-state index contributed by atoms with van der Waals surface area (Å²) in [5.74, 6) is 1.62. The predicted molar refractivity (Wildman–Crippen MR) is 52.9 cm³/mol. The molecule has 2 nitrogen and oxygen atoms in total. The maximum Gasteiger partial charge on any atom is 0.627 e. The second-order valence-corrected chi connectivity index (χ2v) is 3.03. The van der Waals surface area contributed by atoms with Crippen molar-refractivity contribution >= 4 is 7.12 Å². The Hall–Kier alpha value is -1.38. The topological polar surface area (TPSA) is 18.5 Å². The van der Waals surface area contributed by atoms with Crippen LogP contribution >= 0.6 is 0 Å². The first-order chi connectivity index (χ1) is 6.31. The summed E-state index contributed by atoms with van der Waals surface area (Å²) in [5.41, 5.74) is 0.969. The fraction of sp³-hybridized carbons (Fsp3) is 0.200. The van der Waals surface area contributed by atoms with E-state index in [-0.39, 0.29) is 7.12 Å². The van der Waals surface area contributed by atoms with Crippen LogP contribution in [0.5, 0.6) is 11.5 Å². The first-order valence-corrected chi connectivity index (χ1v) is 4.41. The Morgan fingerprint density at radius 2 is 1.85 bits per heavy atom. The summed E-state index contributed by atoms with van der Waals surface area (Å²) in [5, 5.41) is 0. The second-order valence-electron chi connectivity index (χ2n) is 3.03. The summed E-state index contributed by atoms with van der Waals surface area (Å²) < 4.78 is 11.1. The van der Waals surface area contributed by atoms with E-state index >= 15 is 0 Å². The van der Waals surface area contributed by atoms with Crippen molar-refractivity contribution in [2.24, 2.45) is 0 Å². The fourth-order valence-electron chi connectivity index (χ4n) is 1.23. The third-order valence-electron chi connectivity index (χ3n) is 2.10. The van der Waals surface area contributed by atoms with Gasteiger partial charge in [-0.2, -0.15) is 0 Å². The van der Waals surface area contributed by atoms with Crippen LogP contribution in [-0.4, -0.2) is 7.12 Å². The number of rotatable bonds is 2. The molecule has 0 unspecified atom stereocenters. The lowest BCUT2D eigenvalue weighted by Gasteiger charge is -2.04. The van der Waals surface area contributed by atoms with E-state index in [4.69, 9.17) is 9.31 Å². The molecule has 0 atom stereocenters. The highest BCUT2D eigenvalue weighted by atomic mass is 16.6. The molecule has 0 N–H and O–H groups in total. The average Bonchev–Trinajstić information content (AvgIpc) is 2.59. The van der Waals surface area contributed by atoms with E-state index in [9.17, 15) is 0 Å². The van der Waals surface area contributed by atoms with Crippen LogP contribution in [0.3, 0.4) is 0 Å². The van der Waals surface area contributed by atoms with Gasteiger partial charge in [-0.1, -0.05) is 19.1 Å². The molecule has 0 amide bonds. The molecule has 0 fully saturated rings. The third kappa shape index (κ3) is 1.42. The van der Waals surface area contributed by atoms with Gasteiger partial charge in [-0.3, -0.25) is 0 Å². The van der Waals surface area contributed by atoms with Crippen LogP contribution in [0.2, 0.25) is 0 Å². The standard InChI is InChI=1S/C10H11BO2/c1-3-8(2)11-12-9-6-4-5-7-10(9)13-11/h4-7H,2-3H2,1H3. The van der Waals surface area contributed by atoms with E-state index in [0.29, 0.717) is 0 Å². The van der Waals surface area contributed by atoms with Crippen molar-refractivity contribution in [1.29, 1.82) is 0 Å². The van der Waals surface area contributed by atoms with Gasteiger partial charge >= 0.3 is 7.12 Å². The summed E-state index contributed by atoms with van der Waals surface area (Å²) in [7, 11) is -0.289. The van der Waals surface area contributed by atoms with Crippen molar-refractivity contribution < 1.29 is 9.31 Å². The van der Waals surface area contributed by atoms with Gasteiger partial charge in [-0.05, 0) is 24.0 Å². The number of para-hydroxylation sites is 2. The Labute approximate surface area is 78.3 Å². The van der Waals surface area contributed by atoms with E-state index in [1.807, 2.05) is 31.2 Å². The summed E-state index contributed by atoms with van der Waals surface area (Å²) in [6.45, 7) is 5.93. The van der Waals surface area contributed by atoms with E-state index in [1.54, 1.807) is 0 Å². The number of hydrogen-bond donors (Lipinski definition) is 0. The highest BCUT2D eigenvalue weighted by molar-refractivity contribution is 6.56. The van der Waals surface area contributed by atoms with Gasteiger partial charge in [0.05, 0.1) is 0 Å². The average molecular weight is 174 g/mol. The molecule has 0 saturated carbocycles. The monoisotopic (exact) mass is 174 g/mol. The van der Waals surface area contributed by atoms with Crippen molar-refractivity contribution in [2.75, 3.05) is 0 Å². The van der Waals surface area contributed by atoms with Gasteiger partial charge in [0.1, 0.15) is 11.5 Å². The van der Waals surface area contributed by atoms with Crippen LogP contribution in [0.1, 0.15) is 13.3 Å². The van der Waals surface area contributed by atoms with Gasteiger partial charge in [-0.25, -0.2) is 0 Å². The molecule has 0 saturated heterocycles. The van der Waals surface area contributed by atoms with Gasteiger partial charge in [0.2, 0.25) is 0 Å². The van der Waals surface area contributed by atoms with Crippen molar-refractivity contribution in [3.8, 4) is 11.5 Å². The molecule has 1 aliphatic rings. The maximum absolute atomic E-state index is 5.54. The highest BCUT2D eigenvalue weighted by Crippen LogP contribution is 2.34. The summed E-state index contributed by atoms with van der Waals surface area (Å²) in [4.78, 5) is 0. The molecule has 66 valence electrons. The molecule has 1 heterocycles. The first kappa shape index (κ1) is 8.23. The minimum absolute atomic E-state index is 0.289. The molecular weight excluding hydrogens is 163 g/mol. The van der Waals surface area contributed by atoms with Crippen LogP contribution in [0.25, 0.3) is 0 Å². The quantitative estimate of drug-likeness (QED) is 0.641. The Balaban J connectivity index is 2.18. The summed E-state index contributed by atoms with van der Waals surface area (Å²) in [6, 6.07) is 7.66. The van der Waals surface area contributed by atoms with Crippen LogP contribution in [0.15, 0.2) is 36.3 Å². The lowest BCUT2D eigenvalue weighted by atomic mass is 9.78. The van der Waals surface area contributed by atoms with Crippen LogP contribution in [0.4, 0.5) is 0 Å². The molecule has 2 rings (SSSR count). The summed E-state index contributed by atoms with van der Waals surface area (Å²) >= 11 is 0. The molecule has 1 aliphatic heterocycles. The number of fused-ring (bicyclic) bond motifs is 1. The highest BCUT2D eigenvalue weighted by Gasteiger charge is 2.33. The van der Waals surface area contributed by atoms with Crippen LogP contribution in [-0.2, 0) is 0 Å². The number of allylic oxidation sites excluding steroid dienone is 1. The van der Waals surface area contributed by atoms with E-state index in [0.717, 1.165) is 23.4 Å². The SMILES string of the molecule is C=C(CC)B1Oc2ccccc2O1. The van der Waals surface area contributed by atoms with Crippen molar-refractivity contribution in [2.45, 2.75) is 13.3 Å². The molecule has 1 aromatic carbocycles. The molecule has 0 aliphatic carbocycles. The third-order valence-corrected chi connectivity index (χ3v) is 2.10. The Kier molecular flexibility index (Phi) is 2.01. The molecule has 13 heavy (non-hydrogen) atoms. The van der Waals surface area contributed by atoms with E-state index < -0.39 is 0 Å². The minimum Gasteiger partial charge on any atom is -0.519 e. The Morgan fingerprint density at radius 3 is 2.31 bits per heavy atom. The minimum atomic E-state index is -0.289. The summed E-state index contributed by atoms with van der Waals surface area (Å²) in [6.07, 6.45) is 0.874. The molecule has 0 bridgehead atoms. The molecule has 0 radical (unpaired) electrons. The smallest absolute Gasteiger partial charge is 0.519 e. The maximum atomic E-state index is 5.54. The Bertz CT molecular complexity index is 310. The Morgan fingerprint density at radius 1 is 1.31 bits per heavy atom. The zero-order chi connectivity index (χ0) is 9.26. The number of benzene rings is 1. The molecule has 3 heteroatoms. The lowest BCUT2D eigenvalue weighted by molar-refractivity contribution is 0.509. The molecule has 0 aromatic heterocycles. The van der Waals surface area contributed by atoms with Gasteiger partial charge in [-0.15, -0.1) is 6.58 Å². The number of hydrogen-bond acceptors (Lipinski definition) is 2. The first-order valence-electron chi connectivity index (χ1n) is 4.41. The second kappa shape index (κ2) is 3.17. The van der Waals surface area contributed by atoms with Crippen LogP contribution in [0, 0.1) is 0 Å². The van der Waals surface area contributed by atoms with E-state index in [2.05, 4.69) is 6.58 Å². The zero-order valence-corrected chi connectivity index (χ0v) is 7.62. The lowest BCUT2D eigenvalue weighted by Crippen LogP contribution is -2.26. The fourth-order valence-corrected chi connectivity index (χ4v) is 1.23. The van der Waals surface area contributed by atoms with Crippen molar-refractivity contribution in [3.05, 3.63) is 36.3 Å². The van der Waals surface area contributed by atoms with Gasteiger partial charge < -0.3 is 9.31 Å². The van der Waals surface area contributed by atoms with Gasteiger partial charge in [0, 0.05) is 0 Å². The predicted octanol–water partition coefficient (Wildman–Crippen LogP) is 2.45.